The van der Waals surface area contributed by atoms with Crippen LogP contribution >= 0.6 is 11.6 Å². The Morgan fingerprint density at radius 3 is 2.88 bits per heavy atom. The molecule has 0 aromatic heterocycles. The van der Waals surface area contributed by atoms with Crippen molar-refractivity contribution in [1.29, 1.82) is 0 Å². The molecule has 0 amide bonds. The molecule has 1 fully saturated rings. The number of hydrogen-bond acceptors (Lipinski definition) is 1. The number of rotatable bonds is 5. The number of hydrogen-bond donors (Lipinski definition) is 1. The first kappa shape index (κ1) is 11.6. The fourth-order valence-corrected chi connectivity index (χ4v) is 3.08. The first-order valence-corrected chi connectivity index (χ1v) is 7.22. The highest BCUT2D eigenvalue weighted by atomic mass is 35.5. The molecule has 17 heavy (non-hydrogen) atoms. The zero-order valence-corrected chi connectivity index (χ0v) is 11.0. The molecule has 2 heteroatoms. The maximum absolute atomic E-state index is 6.28. The lowest BCUT2D eigenvalue weighted by Gasteiger charge is -2.10. The normalized spacial score (nSPS) is 20.3. The van der Waals surface area contributed by atoms with Gasteiger partial charge in [0.15, 0.2) is 0 Å². The van der Waals surface area contributed by atoms with Crippen molar-refractivity contribution in [3.8, 4) is 0 Å². The number of nitrogens with one attached hydrogen (secondary N) is 1. The van der Waals surface area contributed by atoms with Crippen LogP contribution in [0.25, 0.3) is 0 Å². The Balaban J connectivity index is 1.51. The van der Waals surface area contributed by atoms with Gasteiger partial charge in [-0.2, -0.15) is 0 Å². The van der Waals surface area contributed by atoms with Gasteiger partial charge in [0, 0.05) is 18.5 Å². The molecule has 1 N–H and O–H groups in total. The Kier molecular flexibility index (Phi) is 3.39. The van der Waals surface area contributed by atoms with Crippen molar-refractivity contribution in [2.75, 3.05) is 6.54 Å². The highest BCUT2D eigenvalue weighted by Gasteiger charge is 2.29. The van der Waals surface area contributed by atoms with E-state index in [0.717, 1.165) is 19.0 Å². The van der Waals surface area contributed by atoms with Crippen molar-refractivity contribution in [3.63, 3.8) is 0 Å². The lowest BCUT2D eigenvalue weighted by Crippen LogP contribution is -2.24. The number of fused-ring (bicyclic) bond motifs is 1. The average Bonchev–Trinajstić information content (AvgIpc) is 3.08. The van der Waals surface area contributed by atoms with Crippen LogP contribution in [0.4, 0.5) is 0 Å². The number of halogens is 1. The van der Waals surface area contributed by atoms with Crippen LogP contribution in [0.3, 0.4) is 0 Å². The molecule has 3 rings (SSSR count). The van der Waals surface area contributed by atoms with Crippen LogP contribution in [0.15, 0.2) is 18.2 Å². The van der Waals surface area contributed by atoms with Crippen molar-refractivity contribution in [1.82, 2.24) is 5.32 Å². The van der Waals surface area contributed by atoms with Crippen molar-refractivity contribution >= 4 is 11.6 Å². The quantitative estimate of drug-likeness (QED) is 0.790. The SMILES string of the molecule is ClC(CNCc1ccc2c(c1)CCC2)C1CC1. The Morgan fingerprint density at radius 2 is 2.06 bits per heavy atom. The van der Waals surface area contributed by atoms with E-state index in [1.807, 2.05) is 0 Å². The summed E-state index contributed by atoms with van der Waals surface area (Å²) in [6.45, 7) is 1.91. The molecule has 0 radical (unpaired) electrons. The van der Waals surface area contributed by atoms with E-state index >= 15 is 0 Å². The topological polar surface area (TPSA) is 12.0 Å². The highest BCUT2D eigenvalue weighted by Crippen LogP contribution is 2.35. The molecule has 1 saturated carbocycles. The third-order valence-corrected chi connectivity index (χ3v) is 4.48. The molecular weight excluding hydrogens is 230 g/mol. The molecule has 0 aliphatic heterocycles. The monoisotopic (exact) mass is 249 g/mol. The van der Waals surface area contributed by atoms with Gasteiger partial charge in [-0.05, 0) is 54.7 Å². The maximum atomic E-state index is 6.28. The van der Waals surface area contributed by atoms with E-state index in [1.54, 1.807) is 11.1 Å². The summed E-state index contributed by atoms with van der Waals surface area (Å²) in [5.41, 5.74) is 4.53. The van der Waals surface area contributed by atoms with Crippen molar-refractivity contribution in [2.45, 2.75) is 44.0 Å². The number of benzene rings is 1. The molecule has 0 heterocycles. The molecular formula is C15H20ClN. The van der Waals surface area contributed by atoms with Gasteiger partial charge in [0.2, 0.25) is 0 Å². The summed E-state index contributed by atoms with van der Waals surface area (Å²) in [5, 5.41) is 3.82. The van der Waals surface area contributed by atoms with E-state index in [1.165, 1.54) is 37.7 Å². The zero-order valence-electron chi connectivity index (χ0n) is 10.2. The van der Waals surface area contributed by atoms with Gasteiger partial charge in [0.05, 0.1) is 0 Å². The Bertz CT molecular complexity index is 398. The second-order valence-electron chi connectivity index (χ2n) is 5.44. The van der Waals surface area contributed by atoms with Crippen LogP contribution in [0.1, 0.15) is 36.0 Å². The summed E-state index contributed by atoms with van der Waals surface area (Å²) < 4.78 is 0. The summed E-state index contributed by atoms with van der Waals surface area (Å²) in [6.07, 6.45) is 6.53. The van der Waals surface area contributed by atoms with Crippen LogP contribution in [0.5, 0.6) is 0 Å². The lowest BCUT2D eigenvalue weighted by atomic mass is 10.1. The van der Waals surface area contributed by atoms with Gasteiger partial charge in [0.25, 0.3) is 0 Å². The van der Waals surface area contributed by atoms with Gasteiger partial charge in [-0.25, -0.2) is 0 Å². The first-order valence-electron chi connectivity index (χ1n) is 6.78. The van der Waals surface area contributed by atoms with Crippen LogP contribution in [-0.2, 0) is 19.4 Å². The van der Waals surface area contributed by atoms with E-state index in [2.05, 4.69) is 23.5 Å². The fourth-order valence-electron chi connectivity index (χ4n) is 2.71. The average molecular weight is 250 g/mol. The largest absolute Gasteiger partial charge is 0.311 e. The lowest BCUT2D eigenvalue weighted by molar-refractivity contribution is 0.620. The highest BCUT2D eigenvalue weighted by molar-refractivity contribution is 6.21. The molecule has 0 bridgehead atoms. The summed E-state index contributed by atoms with van der Waals surface area (Å²) in [5.74, 6) is 0.782. The molecule has 0 saturated heterocycles. The Hall–Kier alpha value is -0.530. The molecule has 1 aromatic carbocycles. The number of alkyl halides is 1. The zero-order chi connectivity index (χ0) is 11.7. The third kappa shape index (κ3) is 2.83. The molecule has 0 spiro atoms. The molecule has 2 aliphatic rings. The van der Waals surface area contributed by atoms with Crippen LogP contribution in [0, 0.1) is 5.92 Å². The molecule has 1 aromatic rings. The minimum Gasteiger partial charge on any atom is -0.311 e. The van der Waals surface area contributed by atoms with Crippen molar-refractivity contribution in [3.05, 3.63) is 34.9 Å². The van der Waals surface area contributed by atoms with Gasteiger partial charge >= 0.3 is 0 Å². The molecule has 1 unspecified atom stereocenters. The second-order valence-corrected chi connectivity index (χ2v) is 6.00. The van der Waals surface area contributed by atoms with Crippen LogP contribution < -0.4 is 5.32 Å². The van der Waals surface area contributed by atoms with Crippen molar-refractivity contribution in [2.24, 2.45) is 5.92 Å². The van der Waals surface area contributed by atoms with E-state index in [9.17, 15) is 0 Å². The van der Waals surface area contributed by atoms with E-state index in [0.29, 0.717) is 5.38 Å². The minimum absolute atomic E-state index is 0.337. The van der Waals surface area contributed by atoms with Crippen LogP contribution in [0.2, 0.25) is 0 Å². The number of aryl methyl sites for hydroxylation is 2. The third-order valence-electron chi connectivity index (χ3n) is 3.96. The minimum atomic E-state index is 0.337. The summed E-state index contributed by atoms with van der Waals surface area (Å²) in [6, 6.07) is 6.94. The van der Waals surface area contributed by atoms with Crippen molar-refractivity contribution < 1.29 is 0 Å². The predicted molar refractivity (Wildman–Crippen MR) is 72.5 cm³/mol. The smallest absolute Gasteiger partial charge is 0.0488 e. The molecule has 1 nitrogen and oxygen atoms in total. The molecule has 92 valence electrons. The second kappa shape index (κ2) is 4.99. The first-order chi connectivity index (χ1) is 8.33. The Morgan fingerprint density at radius 1 is 1.24 bits per heavy atom. The fraction of sp³-hybridized carbons (Fsp3) is 0.600. The predicted octanol–water partition coefficient (Wildman–Crippen LogP) is 3.28. The standard InChI is InChI=1S/C15H20ClN/c16-15(13-6-7-13)10-17-9-11-4-5-12-2-1-3-14(12)8-11/h4-5,8,13,15,17H,1-3,6-7,9-10H2. The van der Waals surface area contributed by atoms with Gasteiger partial charge in [-0.1, -0.05) is 18.2 Å². The van der Waals surface area contributed by atoms with Gasteiger partial charge in [-0.3, -0.25) is 0 Å². The van der Waals surface area contributed by atoms with Gasteiger partial charge in [-0.15, -0.1) is 11.6 Å². The summed E-state index contributed by atoms with van der Waals surface area (Å²) in [4.78, 5) is 0. The summed E-state index contributed by atoms with van der Waals surface area (Å²) >= 11 is 6.28. The Labute approximate surface area is 109 Å². The van der Waals surface area contributed by atoms with E-state index in [-0.39, 0.29) is 0 Å². The molecule has 2 aliphatic carbocycles. The van der Waals surface area contributed by atoms with Gasteiger partial charge < -0.3 is 5.32 Å². The summed E-state index contributed by atoms with van der Waals surface area (Å²) in [7, 11) is 0. The molecule has 1 atom stereocenters. The van der Waals surface area contributed by atoms with Gasteiger partial charge in [0.1, 0.15) is 0 Å². The maximum Gasteiger partial charge on any atom is 0.0488 e. The van der Waals surface area contributed by atoms with E-state index in [4.69, 9.17) is 11.6 Å². The van der Waals surface area contributed by atoms with Crippen LogP contribution in [-0.4, -0.2) is 11.9 Å². The van der Waals surface area contributed by atoms with E-state index < -0.39 is 0 Å².